The van der Waals surface area contributed by atoms with Gasteiger partial charge in [-0.2, -0.15) is 5.10 Å². The Labute approximate surface area is 189 Å². The zero-order valence-corrected chi connectivity index (χ0v) is 18.3. The van der Waals surface area contributed by atoms with E-state index in [4.69, 9.17) is 11.6 Å². The van der Waals surface area contributed by atoms with E-state index < -0.39 is 0 Å². The number of rotatable bonds is 6. The molecule has 2 aromatic carbocycles. The zero-order valence-electron chi connectivity index (χ0n) is 17.5. The van der Waals surface area contributed by atoms with Crippen molar-refractivity contribution < 1.29 is 4.79 Å². The molecule has 32 heavy (non-hydrogen) atoms. The van der Waals surface area contributed by atoms with E-state index in [1.165, 1.54) is 0 Å². The third kappa shape index (κ3) is 3.83. The van der Waals surface area contributed by atoms with Gasteiger partial charge >= 0.3 is 0 Å². The predicted octanol–water partition coefficient (Wildman–Crippen LogP) is 4.06. The Hall–Kier alpha value is -3.71. The molecule has 0 aliphatic rings. The summed E-state index contributed by atoms with van der Waals surface area (Å²) in [6.45, 7) is 2.98. The molecule has 1 N–H and O–H groups in total. The summed E-state index contributed by atoms with van der Waals surface area (Å²) in [5.74, 6) is 0.600. The minimum absolute atomic E-state index is 0.201. The largest absolute Gasteiger partial charge is 0.350 e. The summed E-state index contributed by atoms with van der Waals surface area (Å²) < 4.78 is 3.79. The Bertz CT molecular complexity index is 1420. The molecule has 5 aromatic rings. The molecule has 0 aliphatic carbocycles. The van der Waals surface area contributed by atoms with Crippen molar-refractivity contribution >= 4 is 34.1 Å². The second-order valence-electron chi connectivity index (χ2n) is 7.65. The van der Waals surface area contributed by atoms with Crippen molar-refractivity contribution in [1.82, 2.24) is 29.7 Å². The number of halogens is 1. The van der Waals surface area contributed by atoms with Crippen LogP contribution in [0.1, 0.15) is 27.4 Å². The summed E-state index contributed by atoms with van der Waals surface area (Å²) >= 11 is 6.01. The third-order valence-corrected chi connectivity index (χ3v) is 5.72. The van der Waals surface area contributed by atoms with Crippen LogP contribution in [0.5, 0.6) is 0 Å². The number of hydrogen-bond acceptors (Lipinski definition) is 4. The van der Waals surface area contributed by atoms with Gasteiger partial charge in [-0.1, -0.05) is 41.9 Å². The van der Waals surface area contributed by atoms with Crippen LogP contribution in [0.15, 0.2) is 66.9 Å². The minimum Gasteiger partial charge on any atom is -0.350 e. The van der Waals surface area contributed by atoms with Crippen LogP contribution in [-0.2, 0) is 13.0 Å². The zero-order chi connectivity index (χ0) is 22.1. The van der Waals surface area contributed by atoms with Gasteiger partial charge in [0.2, 0.25) is 0 Å². The van der Waals surface area contributed by atoms with Crippen molar-refractivity contribution in [2.75, 3.05) is 6.54 Å². The number of carbonyl (C=O) groups excluding carboxylic acids is 1. The number of pyridine rings is 1. The average Bonchev–Trinajstić information content (AvgIpc) is 3.38. The summed E-state index contributed by atoms with van der Waals surface area (Å²) in [6, 6.07) is 19.4. The first-order valence-electron chi connectivity index (χ1n) is 10.4. The summed E-state index contributed by atoms with van der Waals surface area (Å²) in [7, 11) is 0. The average molecular weight is 445 g/mol. The molecule has 0 atom stereocenters. The van der Waals surface area contributed by atoms with Crippen LogP contribution in [0.4, 0.5) is 0 Å². The summed E-state index contributed by atoms with van der Waals surface area (Å²) in [5.41, 5.74) is 4.22. The molecule has 0 aliphatic heterocycles. The fourth-order valence-corrected chi connectivity index (χ4v) is 4.00. The maximum atomic E-state index is 13.1. The van der Waals surface area contributed by atoms with Gasteiger partial charge < -0.3 is 5.32 Å². The number of aromatic nitrogens is 5. The number of carbonyl (C=O) groups is 1. The van der Waals surface area contributed by atoms with E-state index in [2.05, 4.69) is 20.6 Å². The van der Waals surface area contributed by atoms with Gasteiger partial charge in [-0.15, -0.1) is 10.2 Å². The fourth-order valence-electron chi connectivity index (χ4n) is 3.88. The Morgan fingerprint density at radius 2 is 1.88 bits per heavy atom. The van der Waals surface area contributed by atoms with Gasteiger partial charge in [0.1, 0.15) is 5.82 Å². The van der Waals surface area contributed by atoms with Gasteiger partial charge in [0.15, 0.2) is 11.3 Å². The van der Waals surface area contributed by atoms with E-state index in [-0.39, 0.29) is 5.91 Å². The molecule has 160 valence electrons. The van der Waals surface area contributed by atoms with Gasteiger partial charge in [0.25, 0.3) is 5.91 Å². The SMILES string of the molecule is Cc1cccc2c1c(C(=O)NCCc1nnc3ccccn13)nn2Cc1ccc(Cl)cc1. The Balaban J connectivity index is 1.38. The lowest BCUT2D eigenvalue weighted by atomic mass is 10.1. The van der Waals surface area contributed by atoms with Crippen molar-refractivity contribution in [1.29, 1.82) is 0 Å². The van der Waals surface area contributed by atoms with Crippen LogP contribution in [0, 0.1) is 6.92 Å². The molecule has 0 spiro atoms. The molecular formula is C24H21ClN6O. The lowest BCUT2D eigenvalue weighted by molar-refractivity contribution is 0.0949. The van der Waals surface area contributed by atoms with Gasteiger partial charge in [-0.05, 0) is 48.4 Å². The first-order valence-corrected chi connectivity index (χ1v) is 10.8. The number of aryl methyl sites for hydroxylation is 1. The predicted molar refractivity (Wildman–Crippen MR) is 124 cm³/mol. The van der Waals surface area contributed by atoms with E-state index in [0.717, 1.165) is 33.5 Å². The lowest BCUT2D eigenvalue weighted by Crippen LogP contribution is -2.27. The molecule has 1 amide bonds. The first-order chi connectivity index (χ1) is 15.6. The number of hydrogen-bond donors (Lipinski definition) is 1. The van der Waals surface area contributed by atoms with Crippen LogP contribution in [0.3, 0.4) is 0 Å². The lowest BCUT2D eigenvalue weighted by Gasteiger charge is -2.04. The number of benzene rings is 2. The third-order valence-electron chi connectivity index (χ3n) is 5.47. The van der Waals surface area contributed by atoms with E-state index in [9.17, 15) is 4.79 Å². The van der Waals surface area contributed by atoms with Crippen molar-refractivity contribution in [2.24, 2.45) is 0 Å². The van der Waals surface area contributed by atoms with Crippen molar-refractivity contribution in [3.63, 3.8) is 0 Å². The van der Waals surface area contributed by atoms with E-state index >= 15 is 0 Å². The molecule has 5 rings (SSSR count). The maximum Gasteiger partial charge on any atom is 0.272 e. The molecule has 0 fully saturated rings. The molecule has 3 heterocycles. The molecule has 0 saturated carbocycles. The smallest absolute Gasteiger partial charge is 0.272 e. The van der Waals surface area contributed by atoms with Gasteiger partial charge in [-0.25, -0.2) is 0 Å². The standard InChI is InChI=1S/C24H21ClN6O/c1-16-5-4-6-19-22(16)23(29-31(19)15-17-8-10-18(25)11-9-17)24(32)26-13-12-21-28-27-20-7-2-3-14-30(20)21/h2-11,14H,12-13,15H2,1H3,(H,26,32). The number of nitrogens with one attached hydrogen (secondary N) is 1. The fraction of sp³-hybridized carbons (Fsp3) is 0.167. The summed E-state index contributed by atoms with van der Waals surface area (Å²) in [5, 5.41) is 17.6. The Morgan fingerprint density at radius 1 is 1.03 bits per heavy atom. The van der Waals surface area contributed by atoms with Crippen LogP contribution >= 0.6 is 11.6 Å². The quantitative estimate of drug-likeness (QED) is 0.428. The normalized spacial score (nSPS) is 11.3. The maximum absolute atomic E-state index is 13.1. The first kappa shape index (κ1) is 20.2. The molecule has 0 radical (unpaired) electrons. The topological polar surface area (TPSA) is 77.1 Å². The molecule has 8 heteroatoms. The van der Waals surface area contributed by atoms with E-state index in [0.29, 0.717) is 30.2 Å². The number of amides is 1. The number of fused-ring (bicyclic) bond motifs is 2. The highest BCUT2D eigenvalue weighted by atomic mass is 35.5. The van der Waals surface area contributed by atoms with Gasteiger partial charge in [0.05, 0.1) is 12.1 Å². The van der Waals surface area contributed by atoms with Crippen LogP contribution in [-0.4, -0.2) is 36.8 Å². The van der Waals surface area contributed by atoms with Gasteiger partial charge in [0, 0.05) is 29.6 Å². The van der Waals surface area contributed by atoms with Gasteiger partial charge in [-0.3, -0.25) is 13.9 Å². The molecule has 3 aromatic heterocycles. The molecular weight excluding hydrogens is 424 g/mol. The summed E-state index contributed by atoms with van der Waals surface area (Å²) in [6.07, 6.45) is 2.49. The monoisotopic (exact) mass is 444 g/mol. The highest BCUT2D eigenvalue weighted by Crippen LogP contribution is 2.24. The molecule has 0 unspecified atom stereocenters. The van der Waals surface area contributed by atoms with Crippen LogP contribution in [0.25, 0.3) is 16.6 Å². The van der Waals surface area contributed by atoms with E-state index in [1.54, 1.807) is 0 Å². The highest BCUT2D eigenvalue weighted by Gasteiger charge is 2.19. The van der Waals surface area contributed by atoms with Crippen molar-refractivity contribution in [3.8, 4) is 0 Å². The van der Waals surface area contributed by atoms with Crippen LogP contribution in [0.2, 0.25) is 5.02 Å². The van der Waals surface area contributed by atoms with Crippen molar-refractivity contribution in [3.05, 3.63) is 94.5 Å². The van der Waals surface area contributed by atoms with Crippen molar-refractivity contribution in [2.45, 2.75) is 19.9 Å². The van der Waals surface area contributed by atoms with E-state index in [1.807, 2.05) is 82.9 Å². The second-order valence-corrected chi connectivity index (χ2v) is 8.09. The summed E-state index contributed by atoms with van der Waals surface area (Å²) in [4.78, 5) is 13.1. The molecule has 0 saturated heterocycles. The number of nitrogens with zero attached hydrogens (tertiary/aromatic N) is 5. The highest BCUT2D eigenvalue weighted by molar-refractivity contribution is 6.30. The Morgan fingerprint density at radius 3 is 2.72 bits per heavy atom. The minimum atomic E-state index is -0.201. The molecule has 0 bridgehead atoms. The van der Waals surface area contributed by atoms with Crippen LogP contribution < -0.4 is 5.32 Å². The second kappa shape index (κ2) is 8.43. The molecule has 7 nitrogen and oxygen atoms in total. The Kier molecular flexibility index (Phi) is 5.33.